The number of hydrogen-bond donors (Lipinski definition) is 1. The molecule has 0 radical (unpaired) electrons. The van der Waals surface area contributed by atoms with Crippen molar-refractivity contribution in [3.8, 4) is 0 Å². The number of hydrogen-bond acceptors (Lipinski definition) is 3. The van der Waals surface area contributed by atoms with Crippen LogP contribution < -0.4 is 9.80 Å². The maximum atomic E-state index is 12.3. The molecule has 1 amide bonds. The summed E-state index contributed by atoms with van der Waals surface area (Å²) in [6.45, 7) is 1.64. The second-order valence-corrected chi connectivity index (χ2v) is 6.35. The SMILES string of the molecule is CC(=O)N1c2ccccc2N2C3(O)CCCC12CCC3. The van der Waals surface area contributed by atoms with E-state index in [0.29, 0.717) is 0 Å². The van der Waals surface area contributed by atoms with E-state index in [4.69, 9.17) is 0 Å². The average molecular weight is 272 g/mol. The molecule has 4 heteroatoms. The van der Waals surface area contributed by atoms with Crippen LogP contribution in [0.2, 0.25) is 0 Å². The number of carbonyl (C=O) groups excluding carboxylic acids is 1. The lowest BCUT2D eigenvalue weighted by atomic mass is 9.77. The van der Waals surface area contributed by atoms with Crippen LogP contribution in [0.25, 0.3) is 0 Å². The van der Waals surface area contributed by atoms with E-state index < -0.39 is 5.72 Å². The van der Waals surface area contributed by atoms with Gasteiger partial charge in [-0.15, -0.1) is 0 Å². The summed E-state index contributed by atoms with van der Waals surface area (Å²) in [7, 11) is 0. The molecule has 3 aliphatic heterocycles. The van der Waals surface area contributed by atoms with Gasteiger partial charge in [0, 0.05) is 6.92 Å². The first-order valence-electron chi connectivity index (χ1n) is 7.51. The van der Waals surface area contributed by atoms with E-state index in [2.05, 4.69) is 4.90 Å². The Kier molecular flexibility index (Phi) is 2.29. The molecule has 0 atom stereocenters. The molecule has 3 aliphatic rings. The standard InChI is InChI=1S/C16H20N2O2/c1-12(19)17-13-6-2-3-7-14(13)18-15(17)8-4-10-16(18,20)11-5-9-15/h2-3,6-7,20H,4-5,8-11H2,1H3. The Morgan fingerprint density at radius 1 is 1.10 bits per heavy atom. The van der Waals surface area contributed by atoms with E-state index in [1.165, 1.54) is 0 Å². The molecule has 1 aromatic rings. The minimum Gasteiger partial charge on any atom is -0.371 e. The maximum absolute atomic E-state index is 12.3. The fraction of sp³-hybridized carbons (Fsp3) is 0.562. The second kappa shape index (κ2) is 3.76. The summed E-state index contributed by atoms with van der Waals surface area (Å²) in [6, 6.07) is 8.00. The van der Waals surface area contributed by atoms with Crippen LogP contribution in [0, 0.1) is 0 Å². The number of piperidine rings is 2. The maximum Gasteiger partial charge on any atom is 0.225 e. The molecule has 0 aliphatic carbocycles. The van der Waals surface area contributed by atoms with Crippen LogP contribution in [-0.4, -0.2) is 22.4 Å². The number of para-hydroxylation sites is 2. The Labute approximate surface area is 119 Å². The van der Waals surface area contributed by atoms with Crippen LogP contribution in [0.3, 0.4) is 0 Å². The fourth-order valence-electron chi connectivity index (χ4n) is 4.70. The lowest BCUT2D eigenvalue weighted by molar-refractivity contribution is -0.119. The van der Waals surface area contributed by atoms with Crippen molar-refractivity contribution >= 4 is 17.3 Å². The van der Waals surface area contributed by atoms with Crippen LogP contribution in [0.5, 0.6) is 0 Å². The third-order valence-electron chi connectivity index (χ3n) is 5.24. The Morgan fingerprint density at radius 3 is 2.30 bits per heavy atom. The van der Waals surface area contributed by atoms with Crippen molar-refractivity contribution in [3.63, 3.8) is 0 Å². The summed E-state index contributed by atoms with van der Waals surface area (Å²) in [5.41, 5.74) is 0.865. The first-order valence-corrected chi connectivity index (χ1v) is 7.51. The van der Waals surface area contributed by atoms with Gasteiger partial charge in [0.15, 0.2) is 0 Å². The number of carbonyl (C=O) groups is 1. The van der Waals surface area contributed by atoms with Crippen LogP contribution in [0.1, 0.15) is 45.4 Å². The fourth-order valence-corrected chi connectivity index (χ4v) is 4.70. The van der Waals surface area contributed by atoms with Crippen molar-refractivity contribution in [1.29, 1.82) is 0 Å². The number of anilines is 2. The van der Waals surface area contributed by atoms with Crippen molar-refractivity contribution in [2.45, 2.75) is 56.8 Å². The normalized spacial score (nSPS) is 34.7. The van der Waals surface area contributed by atoms with E-state index >= 15 is 0 Å². The van der Waals surface area contributed by atoms with Gasteiger partial charge in [0.25, 0.3) is 0 Å². The molecule has 0 saturated carbocycles. The Bertz CT molecular complexity index is 574. The van der Waals surface area contributed by atoms with Gasteiger partial charge < -0.3 is 10.0 Å². The van der Waals surface area contributed by atoms with Crippen molar-refractivity contribution in [1.82, 2.24) is 0 Å². The Morgan fingerprint density at radius 2 is 1.70 bits per heavy atom. The Balaban J connectivity index is 1.98. The van der Waals surface area contributed by atoms with Gasteiger partial charge in [-0.05, 0) is 50.7 Å². The summed E-state index contributed by atoms with van der Waals surface area (Å²) in [5, 5.41) is 11.1. The van der Waals surface area contributed by atoms with Crippen LogP contribution in [-0.2, 0) is 4.79 Å². The average Bonchev–Trinajstić information content (AvgIpc) is 2.70. The molecule has 3 heterocycles. The number of amides is 1. The van der Waals surface area contributed by atoms with Crippen LogP contribution in [0.15, 0.2) is 24.3 Å². The highest BCUT2D eigenvalue weighted by Crippen LogP contribution is 2.58. The minimum atomic E-state index is -0.781. The van der Waals surface area contributed by atoms with Crippen molar-refractivity contribution in [2.24, 2.45) is 0 Å². The molecule has 0 unspecified atom stereocenters. The largest absolute Gasteiger partial charge is 0.371 e. The molecule has 2 bridgehead atoms. The number of fused-ring (bicyclic) bond motifs is 1. The second-order valence-electron chi connectivity index (χ2n) is 6.35. The van der Waals surface area contributed by atoms with E-state index in [1.807, 2.05) is 29.2 Å². The smallest absolute Gasteiger partial charge is 0.225 e. The van der Waals surface area contributed by atoms with E-state index in [9.17, 15) is 9.90 Å². The highest BCUT2D eigenvalue weighted by molar-refractivity contribution is 6.01. The van der Waals surface area contributed by atoms with Gasteiger partial charge in [-0.2, -0.15) is 0 Å². The number of aliphatic hydroxyl groups is 1. The molecule has 106 valence electrons. The lowest BCUT2D eigenvalue weighted by Gasteiger charge is -2.58. The molecule has 0 spiro atoms. The quantitative estimate of drug-likeness (QED) is 0.789. The molecule has 2 saturated heterocycles. The minimum absolute atomic E-state index is 0.0751. The van der Waals surface area contributed by atoms with E-state index in [-0.39, 0.29) is 11.6 Å². The van der Waals surface area contributed by atoms with Gasteiger partial charge in [0.05, 0.1) is 11.4 Å². The topological polar surface area (TPSA) is 43.8 Å². The predicted molar refractivity (Wildman–Crippen MR) is 77.5 cm³/mol. The molecular formula is C16H20N2O2. The van der Waals surface area contributed by atoms with E-state index in [1.54, 1.807) is 6.92 Å². The lowest BCUT2D eigenvalue weighted by Crippen LogP contribution is -2.70. The number of rotatable bonds is 0. The summed E-state index contributed by atoms with van der Waals surface area (Å²) in [5.74, 6) is 0.0751. The molecule has 1 N–H and O–H groups in total. The van der Waals surface area contributed by atoms with Gasteiger partial charge in [-0.25, -0.2) is 0 Å². The molecular weight excluding hydrogens is 252 g/mol. The van der Waals surface area contributed by atoms with Crippen LogP contribution >= 0.6 is 0 Å². The summed E-state index contributed by atoms with van der Waals surface area (Å²) in [4.78, 5) is 16.4. The molecule has 4 nitrogen and oxygen atoms in total. The van der Waals surface area contributed by atoms with Crippen LogP contribution in [0.4, 0.5) is 11.4 Å². The van der Waals surface area contributed by atoms with Crippen molar-refractivity contribution in [2.75, 3.05) is 9.80 Å². The predicted octanol–water partition coefficient (Wildman–Crippen LogP) is 2.61. The molecule has 0 aromatic heterocycles. The van der Waals surface area contributed by atoms with Gasteiger partial charge >= 0.3 is 0 Å². The Hall–Kier alpha value is -1.55. The highest BCUT2D eigenvalue weighted by Gasteiger charge is 2.61. The van der Waals surface area contributed by atoms with Gasteiger partial charge in [0.1, 0.15) is 11.4 Å². The summed E-state index contributed by atoms with van der Waals surface area (Å²) in [6.07, 6.45) is 5.45. The van der Waals surface area contributed by atoms with Gasteiger partial charge in [0.2, 0.25) is 5.91 Å². The van der Waals surface area contributed by atoms with Crippen molar-refractivity contribution in [3.05, 3.63) is 24.3 Å². The third-order valence-corrected chi connectivity index (χ3v) is 5.24. The zero-order valence-corrected chi connectivity index (χ0v) is 11.8. The zero-order chi connectivity index (χ0) is 14.0. The molecule has 2 fully saturated rings. The van der Waals surface area contributed by atoms with Crippen molar-refractivity contribution < 1.29 is 9.90 Å². The van der Waals surface area contributed by atoms with Gasteiger partial charge in [-0.1, -0.05) is 12.1 Å². The van der Waals surface area contributed by atoms with Gasteiger partial charge in [-0.3, -0.25) is 9.69 Å². The molecule has 1 aromatic carbocycles. The summed E-state index contributed by atoms with van der Waals surface area (Å²) >= 11 is 0. The number of benzene rings is 1. The first-order chi connectivity index (χ1) is 9.58. The third kappa shape index (κ3) is 1.28. The first kappa shape index (κ1) is 12.2. The summed E-state index contributed by atoms with van der Waals surface area (Å²) < 4.78 is 0. The van der Waals surface area contributed by atoms with E-state index in [0.717, 1.165) is 49.9 Å². The number of nitrogens with zero attached hydrogens (tertiary/aromatic N) is 2. The highest BCUT2D eigenvalue weighted by atomic mass is 16.3. The molecule has 4 rings (SSSR count). The zero-order valence-electron chi connectivity index (χ0n) is 11.8. The molecule has 20 heavy (non-hydrogen) atoms. The monoisotopic (exact) mass is 272 g/mol.